The lowest BCUT2D eigenvalue weighted by Crippen LogP contribution is -1.78. The largest absolute Gasteiger partial charge is 0.0609 e. The first kappa shape index (κ1) is 7.06. The molecule has 1 heteroatoms. The van der Waals surface area contributed by atoms with Gasteiger partial charge in [0, 0.05) is 3.57 Å². The summed E-state index contributed by atoms with van der Waals surface area (Å²) in [5, 5.41) is 0. The average molecular weight is 231 g/mol. The summed E-state index contributed by atoms with van der Waals surface area (Å²) >= 11 is 2.30. The van der Waals surface area contributed by atoms with E-state index < -0.39 is 0 Å². The highest BCUT2D eigenvalue weighted by molar-refractivity contribution is 14.1. The molecule has 0 spiro atoms. The number of benzene rings is 1. The molecule has 1 aromatic carbocycles. The van der Waals surface area contributed by atoms with Gasteiger partial charge in [-0.3, -0.25) is 0 Å². The lowest BCUT2D eigenvalue weighted by Gasteiger charge is -1.94. The van der Waals surface area contributed by atoms with Crippen LogP contribution >= 0.6 is 22.6 Å². The molecule has 0 aliphatic rings. The Hall–Kier alpha value is -0.0500. The van der Waals surface area contributed by atoms with E-state index in [-0.39, 0.29) is 0 Å². The van der Waals surface area contributed by atoms with Gasteiger partial charge < -0.3 is 0 Å². The molecule has 9 heavy (non-hydrogen) atoms. The molecule has 0 fully saturated rings. The van der Waals surface area contributed by atoms with Crippen molar-refractivity contribution in [1.82, 2.24) is 0 Å². The molecule has 0 atom stereocenters. The van der Waals surface area contributed by atoms with Gasteiger partial charge in [0.2, 0.25) is 0 Å². The summed E-state index contributed by atoms with van der Waals surface area (Å²) in [6.07, 6.45) is 0.886. The Morgan fingerprint density at radius 2 is 2.22 bits per heavy atom. The Labute approximate surface area is 69.4 Å². The zero-order chi connectivity index (χ0) is 6.69. The molecule has 0 unspecified atom stereocenters. The van der Waals surface area contributed by atoms with Gasteiger partial charge >= 0.3 is 0 Å². The monoisotopic (exact) mass is 231 g/mol. The van der Waals surface area contributed by atoms with Crippen molar-refractivity contribution in [1.29, 1.82) is 0 Å². The molecule has 0 saturated heterocycles. The van der Waals surface area contributed by atoms with Crippen LogP contribution in [0, 0.1) is 10.5 Å². The Morgan fingerprint density at radius 1 is 1.44 bits per heavy atom. The summed E-state index contributed by atoms with van der Waals surface area (Å²) in [7, 11) is 0. The fraction of sp³-hybridized carbons (Fsp3) is 0.125. The minimum atomic E-state index is 0.886. The molecular weight excluding hydrogens is 223 g/mol. The Morgan fingerprint density at radius 3 is 2.67 bits per heavy atom. The molecule has 1 rings (SSSR count). The topological polar surface area (TPSA) is 0 Å². The lowest BCUT2D eigenvalue weighted by molar-refractivity contribution is 1.26. The van der Waals surface area contributed by atoms with Crippen LogP contribution in [0.1, 0.15) is 5.56 Å². The van der Waals surface area contributed by atoms with E-state index in [1.165, 1.54) is 9.13 Å². The van der Waals surface area contributed by atoms with Crippen LogP contribution in [0.4, 0.5) is 0 Å². The number of hydrogen-bond donors (Lipinski definition) is 0. The minimum Gasteiger partial charge on any atom is -0.0609 e. The van der Waals surface area contributed by atoms with E-state index >= 15 is 0 Å². The molecule has 0 saturated carbocycles. The standard InChI is InChI=1S/C8H8I/c1-2-7-4-3-5-8(9)6-7/h3-6H,1-2H2. The SMILES string of the molecule is [CH2]Cc1cccc(I)c1. The second kappa shape index (κ2) is 3.20. The summed E-state index contributed by atoms with van der Waals surface area (Å²) < 4.78 is 1.29. The van der Waals surface area contributed by atoms with Crippen LogP contribution in [0.25, 0.3) is 0 Å². The van der Waals surface area contributed by atoms with E-state index in [1.54, 1.807) is 0 Å². The van der Waals surface area contributed by atoms with Crippen LogP contribution in [0.2, 0.25) is 0 Å². The fourth-order valence-electron chi connectivity index (χ4n) is 0.692. The van der Waals surface area contributed by atoms with Crippen LogP contribution in [-0.2, 0) is 6.42 Å². The molecule has 0 heterocycles. The molecule has 1 aromatic rings. The molecule has 0 nitrogen and oxygen atoms in total. The summed E-state index contributed by atoms with van der Waals surface area (Å²) in [6.45, 7) is 3.79. The first-order chi connectivity index (χ1) is 4.33. The first-order valence-corrected chi connectivity index (χ1v) is 3.94. The second-order valence-electron chi connectivity index (χ2n) is 1.88. The zero-order valence-corrected chi connectivity index (χ0v) is 7.26. The van der Waals surface area contributed by atoms with Crippen LogP contribution < -0.4 is 0 Å². The molecule has 0 N–H and O–H groups in total. The van der Waals surface area contributed by atoms with E-state index in [1.807, 2.05) is 0 Å². The summed E-state index contributed by atoms with van der Waals surface area (Å²) in [4.78, 5) is 0. The number of hydrogen-bond acceptors (Lipinski definition) is 0. The van der Waals surface area contributed by atoms with E-state index in [2.05, 4.69) is 53.8 Å². The van der Waals surface area contributed by atoms with Gasteiger partial charge in [-0.15, -0.1) is 0 Å². The van der Waals surface area contributed by atoms with Crippen molar-refractivity contribution in [2.75, 3.05) is 0 Å². The van der Waals surface area contributed by atoms with E-state index in [9.17, 15) is 0 Å². The Kier molecular flexibility index (Phi) is 2.51. The molecule has 0 aliphatic carbocycles. The predicted octanol–water partition coefficient (Wildman–Crippen LogP) is 2.67. The third-order valence-electron chi connectivity index (χ3n) is 1.18. The predicted molar refractivity (Wildman–Crippen MR) is 48.2 cm³/mol. The lowest BCUT2D eigenvalue weighted by atomic mass is 10.2. The Bertz CT molecular complexity index is 194. The summed E-state index contributed by atoms with van der Waals surface area (Å²) in [5.41, 5.74) is 1.31. The smallest absolute Gasteiger partial charge is 0.0133 e. The van der Waals surface area contributed by atoms with E-state index in [4.69, 9.17) is 0 Å². The molecule has 47 valence electrons. The van der Waals surface area contributed by atoms with Gasteiger partial charge in [0.25, 0.3) is 0 Å². The van der Waals surface area contributed by atoms with Crippen molar-refractivity contribution in [3.8, 4) is 0 Å². The highest BCUT2D eigenvalue weighted by Crippen LogP contribution is 2.07. The molecule has 1 radical (unpaired) electrons. The fourth-order valence-corrected chi connectivity index (χ4v) is 1.30. The van der Waals surface area contributed by atoms with Crippen molar-refractivity contribution in [2.24, 2.45) is 0 Å². The van der Waals surface area contributed by atoms with Crippen LogP contribution in [0.3, 0.4) is 0 Å². The van der Waals surface area contributed by atoms with Crippen LogP contribution in [0.15, 0.2) is 24.3 Å². The third kappa shape index (κ3) is 1.97. The quantitative estimate of drug-likeness (QED) is 0.652. The molecule has 0 bridgehead atoms. The maximum absolute atomic E-state index is 3.79. The first-order valence-electron chi connectivity index (χ1n) is 2.86. The van der Waals surface area contributed by atoms with Crippen molar-refractivity contribution < 1.29 is 0 Å². The summed E-state index contributed by atoms with van der Waals surface area (Å²) in [6, 6.07) is 8.38. The number of halogens is 1. The molecule has 0 aromatic heterocycles. The highest BCUT2D eigenvalue weighted by atomic mass is 127. The molecule has 0 aliphatic heterocycles. The van der Waals surface area contributed by atoms with Crippen molar-refractivity contribution in [3.63, 3.8) is 0 Å². The summed E-state index contributed by atoms with van der Waals surface area (Å²) in [5.74, 6) is 0. The maximum atomic E-state index is 3.79. The van der Waals surface area contributed by atoms with Gasteiger partial charge in [-0.05, 0) is 53.6 Å². The third-order valence-corrected chi connectivity index (χ3v) is 1.85. The van der Waals surface area contributed by atoms with Gasteiger partial charge in [-0.25, -0.2) is 0 Å². The average Bonchev–Trinajstić information content (AvgIpc) is 1.88. The minimum absolute atomic E-state index is 0.886. The maximum Gasteiger partial charge on any atom is 0.0133 e. The van der Waals surface area contributed by atoms with Gasteiger partial charge in [-0.2, -0.15) is 0 Å². The van der Waals surface area contributed by atoms with Crippen molar-refractivity contribution in [2.45, 2.75) is 6.42 Å². The van der Waals surface area contributed by atoms with Crippen LogP contribution in [-0.4, -0.2) is 0 Å². The van der Waals surface area contributed by atoms with Crippen molar-refractivity contribution in [3.05, 3.63) is 40.3 Å². The van der Waals surface area contributed by atoms with Gasteiger partial charge in [0.05, 0.1) is 0 Å². The van der Waals surface area contributed by atoms with E-state index in [0.29, 0.717) is 0 Å². The zero-order valence-electron chi connectivity index (χ0n) is 5.10. The van der Waals surface area contributed by atoms with Crippen LogP contribution in [0.5, 0.6) is 0 Å². The molecule has 0 amide bonds. The Balaban J connectivity index is 2.94. The van der Waals surface area contributed by atoms with Gasteiger partial charge in [0.1, 0.15) is 0 Å². The van der Waals surface area contributed by atoms with Crippen molar-refractivity contribution >= 4 is 22.6 Å². The second-order valence-corrected chi connectivity index (χ2v) is 3.13. The van der Waals surface area contributed by atoms with Gasteiger partial charge in [-0.1, -0.05) is 12.1 Å². The molecular formula is C8H8I. The van der Waals surface area contributed by atoms with E-state index in [0.717, 1.165) is 6.42 Å². The normalized spacial score (nSPS) is 9.56. The highest BCUT2D eigenvalue weighted by Gasteiger charge is 1.87. The van der Waals surface area contributed by atoms with Gasteiger partial charge in [0.15, 0.2) is 0 Å². The number of rotatable bonds is 1.